The number of nitrogens with two attached hydrogens (primary N) is 1. The number of ether oxygens (including phenoxy) is 1. The van der Waals surface area contributed by atoms with E-state index < -0.39 is 0 Å². The minimum atomic E-state index is 0.127. The molecule has 106 valence electrons. The standard InChI is InChI=1S/C14H23N3O2/c1-11(2)10-17(8-9-19-3)13-7-5-4-6-12(13)14(15)16-18/h4-7,11,18H,8-10H2,1-3H3,(H2,15,16). The van der Waals surface area contributed by atoms with Crippen molar-refractivity contribution in [1.29, 1.82) is 0 Å². The molecular weight excluding hydrogens is 242 g/mol. The van der Waals surface area contributed by atoms with Crippen LogP contribution < -0.4 is 10.6 Å². The molecule has 0 aliphatic heterocycles. The average molecular weight is 265 g/mol. The zero-order valence-electron chi connectivity index (χ0n) is 11.8. The van der Waals surface area contributed by atoms with Gasteiger partial charge in [0.1, 0.15) is 0 Å². The molecule has 0 atom stereocenters. The molecule has 0 spiro atoms. The summed E-state index contributed by atoms with van der Waals surface area (Å²) >= 11 is 0. The van der Waals surface area contributed by atoms with E-state index >= 15 is 0 Å². The predicted molar refractivity (Wildman–Crippen MR) is 77.9 cm³/mol. The lowest BCUT2D eigenvalue weighted by Gasteiger charge is -2.28. The maximum absolute atomic E-state index is 8.87. The first kappa shape index (κ1) is 15.3. The Kier molecular flexibility index (Phi) is 6.15. The molecule has 3 N–H and O–H groups in total. The van der Waals surface area contributed by atoms with Gasteiger partial charge in [0, 0.05) is 31.5 Å². The zero-order chi connectivity index (χ0) is 14.3. The van der Waals surface area contributed by atoms with Crippen molar-refractivity contribution < 1.29 is 9.94 Å². The molecule has 0 aliphatic carbocycles. The number of hydrogen-bond acceptors (Lipinski definition) is 4. The maximum Gasteiger partial charge on any atom is 0.172 e. The first-order valence-corrected chi connectivity index (χ1v) is 6.41. The van der Waals surface area contributed by atoms with Crippen molar-refractivity contribution in [1.82, 2.24) is 0 Å². The molecule has 5 nitrogen and oxygen atoms in total. The van der Waals surface area contributed by atoms with Crippen LogP contribution in [0.3, 0.4) is 0 Å². The van der Waals surface area contributed by atoms with Crippen LogP contribution in [0.2, 0.25) is 0 Å². The molecule has 1 aromatic carbocycles. The monoisotopic (exact) mass is 265 g/mol. The van der Waals surface area contributed by atoms with Crippen LogP contribution in [-0.2, 0) is 4.74 Å². The van der Waals surface area contributed by atoms with E-state index in [2.05, 4.69) is 23.9 Å². The molecule has 0 amide bonds. The smallest absolute Gasteiger partial charge is 0.172 e. The summed E-state index contributed by atoms with van der Waals surface area (Å²) in [4.78, 5) is 2.20. The number of para-hydroxylation sites is 1. The van der Waals surface area contributed by atoms with Gasteiger partial charge in [-0.05, 0) is 18.1 Å². The number of amidine groups is 1. The summed E-state index contributed by atoms with van der Waals surface area (Å²) < 4.78 is 5.15. The highest BCUT2D eigenvalue weighted by Crippen LogP contribution is 2.21. The van der Waals surface area contributed by atoms with Crippen molar-refractivity contribution in [2.45, 2.75) is 13.8 Å². The second kappa shape index (κ2) is 7.63. The van der Waals surface area contributed by atoms with Gasteiger partial charge in [-0.2, -0.15) is 0 Å². The Morgan fingerprint density at radius 2 is 2.11 bits per heavy atom. The minimum Gasteiger partial charge on any atom is -0.409 e. The van der Waals surface area contributed by atoms with Crippen molar-refractivity contribution in [3.05, 3.63) is 29.8 Å². The summed E-state index contributed by atoms with van der Waals surface area (Å²) in [7, 11) is 1.68. The molecule has 1 aromatic rings. The first-order chi connectivity index (χ1) is 9.10. The number of benzene rings is 1. The van der Waals surface area contributed by atoms with Crippen molar-refractivity contribution in [3.63, 3.8) is 0 Å². The van der Waals surface area contributed by atoms with E-state index in [1.165, 1.54) is 0 Å². The molecule has 0 bridgehead atoms. The Labute approximate surface area is 114 Å². The summed E-state index contributed by atoms with van der Waals surface area (Å²) in [5, 5.41) is 12.0. The van der Waals surface area contributed by atoms with Crippen LogP contribution in [0.1, 0.15) is 19.4 Å². The van der Waals surface area contributed by atoms with Crippen LogP contribution in [0.15, 0.2) is 29.4 Å². The summed E-state index contributed by atoms with van der Waals surface area (Å²) in [5.74, 6) is 0.638. The Morgan fingerprint density at radius 3 is 2.68 bits per heavy atom. The Bertz CT molecular complexity index is 419. The van der Waals surface area contributed by atoms with Gasteiger partial charge in [-0.1, -0.05) is 31.1 Å². The maximum atomic E-state index is 8.87. The highest BCUT2D eigenvalue weighted by Gasteiger charge is 2.14. The molecule has 1 rings (SSSR count). The van der Waals surface area contributed by atoms with Gasteiger partial charge < -0.3 is 20.6 Å². The topological polar surface area (TPSA) is 71.1 Å². The van der Waals surface area contributed by atoms with Gasteiger partial charge in [-0.25, -0.2) is 0 Å². The van der Waals surface area contributed by atoms with E-state index in [-0.39, 0.29) is 5.84 Å². The van der Waals surface area contributed by atoms with Crippen LogP contribution in [0.25, 0.3) is 0 Å². The third kappa shape index (κ3) is 4.44. The van der Waals surface area contributed by atoms with Crippen molar-refractivity contribution >= 4 is 11.5 Å². The van der Waals surface area contributed by atoms with Gasteiger partial charge in [-0.15, -0.1) is 0 Å². The van der Waals surface area contributed by atoms with Gasteiger partial charge in [0.15, 0.2) is 5.84 Å². The number of methoxy groups -OCH3 is 1. The van der Waals surface area contributed by atoms with Crippen LogP contribution in [0.4, 0.5) is 5.69 Å². The molecule has 0 saturated heterocycles. The number of hydrogen-bond donors (Lipinski definition) is 2. The fraction of sp³-hybridized carbons (Fsp3) is 0.500. The number of rotatable bonds is 7. The highest BCUT2D eigenvalue weighted by atomic mass is 16.5. The van der Waals surface area contributed by atoms with Crippen molar-refractivity contribution in [3.8, 4) is 0 Å². The SMILES string of the molecule is COCCN(CC(C)C)c1ccccc1C(N)=NO. The highest BCUT2D eigenvalue weighted by molar-refractivity contribution is 6.02. The van der Waals surface area contributed by atoms with Crippen LogP contribution in [0.5, 0.6) is 0 Å². The van der Waals surface area contributed by atoms with Gasteiger partial charge in [-0.3, -0.25) is 0 Å². The number of nitrogens with zero attached hydrogens (tertiary/aromatic N) is 2. The molecule has 0 fully saturated rings. The third-order valence-electron chi connectivity index (χ3n) is 2.78. The lowest BCUT2D eigenvalue weighted by Crippen LogP contribution is -2.33. The van der Waals surface area contributed by atoms with Gasteiger partial charge in [0.25, 0.3) is 0 Å². The molecule has 0 saturated carbocycles. The molecule has 19 heavy (non-hydrogen) atoms. The first-order valence-electron chi connectivity index (χ1n) is 6.41. The van der Waals surface area contributed by atoms with Gasteiger partial charge in [0.2, 0.25) is 0 Å². The summed E-state index contributed by atoms with van der Waals surface area (Å²) in [6, 6.07) is 7.65. The second-order valence-electron chi connectivity index (χ2n) is 4.84. The minimum absolute atomic E-state index is 0.127. The lowest BCUT2D eigenvalue weighted by atomic mass is 10.1. The normalized spacial score (nSPS) is 11.9. The van der Waals surface area contributed by atoms with Crippen molar-refractivity contribution in [2.24, 2.45) is 16.8 Å². The zero-order valence-corrected chi connectivity index (χ0v) is 11.8. The number of oxime groups is 1. The van der Waals surface area contributed by atoms with Crippen LogP contribution in [0, 0.1) is 5.92 Å². The third-order valence-corrected chi connectivity index (χ3v) is 2.78. The van der Waals surface area contributed by atoms with E-state index in [0.29, 0.717) is 12.5 Å². The molecule has 0 heterocycles. The van der Waals surface area contributed by atoms with Gasteiger partial charge >= 0.3 is 0 Å². The second-order valence-corrected chi connectivity index (χ2v) is 4.84. The lowest BCUT2D eigenvalue weighted by molar-refractivity contribution is 0.204. The molecule has 5 heteroatoms. The Morgan fingerprint density at radius 1 is 1.42 bits per heavy atom. The van der Waals surface area contributed by atoms with Crippen LogP contribution >= 0.6 is 0 Å². The molecular formula is C14H23N3O2. The largest absolute Gasteiger partial charge is 0.409 e. The fourth-order valence-corrected chi connectivity index (χ4v) is 1.97. The Hall–Kier alpha value is -1.75. The van der Waals surface area contributed by atoms with Crippen LogP contribution in [-0.4, -0.2) is 37.8 Å². The summed E-state index contributed by atoms with van der Waals surface area (Å²) in [6.45, 7) is 6.61. The fourth-order valence-electron chi connectivity index (χ4n) is 1.97. The quantitative estimate of drug-likeness (QED) is 0.342. The number of anilines is 1. The predicted octanol–water partition coefficient (Wildman–Crippen LogP) is 1.89. The molecule has 0 aromatic heterocycles. The van der Waals surface area contributed by atoms with E-state index in [4.69, 9.17) is 15.7 Å². The molecule has 0 radical (unpaired) electrons. The van der Waals surface area contributed by atoms with Gasteiger partial charge in [0.05, 0.1) is 6.61 Å². The van der Waals surface area contributed by atoms with Crippen molar-refractivity contribution in [2.75, 3.05) is 31.7 Å². The van der Waals surface area contributed by atoms with E-state index in [1.54, 1.807) is 7.11 Å². The average Bonchev–Trinajstić information content (AvgIpc) is 2.42. The van der Waals surface area contributed by atoms with E-state index in [0.717, 1.165) is 24.3 Å². The molecule has 0 aliphatic rings. The van der Waals surface area contributed by atoms with E-state index in [1.807, 2.05) is 24.3 Å². The summed E-state index contributed by atoms with van der Waals surface area (Å²) in [5.41, 5.74) is 7.43. The van der Waals surface area contributed by atoms with E-state index in [9.17, 15) is 0 Å². The molecule has 0 unspecified atom stereocenters. The summed E-state index contributed by atoms with van der Waals surface area (Å²) in [6.07, 6.45) is 0. The Balaban J connectivity index is 3.06.